The van der Waals surface area contributed by atoms with Crippen molar-refractivity contribution in [3.05, 3.63) is 29.8 Å². The van der Waals surface area contributed by atoms with Crippen LogP contribution in [-0.4, -0.2) is 18.0 Å². The van der Waals surface area contributed by atoms with Gasteiger partial charge in [-0.15, -0.1) is 0 Å². The number of aryl methyl sites for hydroxylation is 1. The number of para-hydroxylation sites is 1. The van der Waals surface area contributed by atoms with Crippen LogP contribution in [0.15, 0.2) is 24.3 Å². The molecule has 3 nitrogen and oxygen atoms in total. The van der Waals surface area contributed by atoms with Crippen LogP contribution in [0.4, 0.5) is 5.69 Å². The minimum absolute atomic E-state index is 0.0519. The maximum absolute atomic E-state index is 11.7. The maximum Gasteiger partial charge on any atom is 0.225 e. The average molecular weight is 234 g/mol. The highest BCUT2D eigenvalue weighted by molar-refractivity contribution is 5.91. The summed E-state index contributed by atoms with van der Waals surface area (Å²) in [7, 11) is 0. The molecule has 0 aliphatic rings. The molecule has 0 fully saturated rings. The highest BCUT2D eigenvalue weighted by atomic mass is 16.1. The van der Waals surface area contributed by atoms with Crippen LogP contribution in [0.2, 0.25) is 0 Å². The maximum atomic E-state index is 11.7. The van der Waals surface area contributed by atoms with Crippen molar-refractivity contribution in [2.24, 2.45) is 0 Å². The van der Waals surface area contributed by atoms with E-state index in [1.807, 2.05) is 31.2 Å². The molecule has 2 N–H and O–H groups in total. The molecule has 1 aromatic carbocycles. The summed E-state index contributed by atoms with van der Waals surface area (Å²) in [5, 5.41) is 6.21. The van der Waals surface area contributed by atoms with Crippen molar-refractivity contribution < 1.29 is 4.79 Å². The molecular formula is C14H22N2O. The van der Waals surface area contributed by atoms with Crippen molar-refractivity contribution in [2.45, 2.75) is 39.7 Å². The Morgan fingerprint density at radius 2 is 1.88 bits per heavy atom. The number of carbonyl (C=O) groups is 1. The van der Waals surface area contributed by atoms with Gasteiger partial charge < -0.3 is 10.6 Å². The third-order valence-electron chi connectivity index (χ3n) is 2.43. The standard InChI is InChI=1S/C14H22N2O/c1-11-7-5-6-8-12(11)16-13(17)9-10-15-14(2,3)4/h5-8,15H,9-10H2,1-4H3,(H,16,17). The van der Waals surface area contributed by atoms with E-state index in [2.05, 4.69) is 31.4 Å². The summed E-state index contributed by atoms with van der Waals surface area (Å²) in [4.78, 5) is 11.7. The Morgan fingerprint density at radius 1 is 1.24 bits per heavy atom. The Hall–Kier alpha value is -1.35. The van der Waals surface area contributed by atoms with Crippen molar-refractivity contribution in [1.82, 2.24) is 5.32 Å². The van der Waals surface area contributed by atoms with Crippen molar-refractivity contribution in [1.29, 1.82) is 0 Å². The van der Waals surface area contributed by atoms with Crippen molar-refractivity contribution in [2.75, 3.05) is 11.9 Å². The van der Waals surface area contributed by atoms with E-state index in [1.54, 1.807) is 0 Å². The number of anilines is 1. The van der Waals surface area contributed by atoms with Gasteiger partial charge in [-0.05, 0) is 39.3 Å². The van der Waals surface area contributed by atoms with Crippen LogP contribution in [0.1, 0.15) is 32.8 Å². The fourth-order valence-corrected chi connectivity index (χ4v) is 1.48. The molecule has 0 spiro atoms. The number of nitrogens with one attached hydrogen (secondary N) is 2. The van der Waals surface area contributed by atoms with Gasteiger partial charge >= 0.3 is 0 Å². The highest BCUT2D eigenvalue weighted by Crippen LogP contribution is 2.13. The van der Waals surface area contributed by atoms with Crippen LogP contribution in [-0.2, 0) is 4.79 Å². The Balaban J connectivity index is 2.38. The predicted molar refractivity (Wildman–Crippen MR) is 72.2 cm³/mol. The fraction of sp³-hybridized carbons (Fsp3) is 0.500. The summed E-state index contributed by atoms with van der Waals surface area (Å²) >= 11 is 0. The molecule has 0 atom stereocenters. The van der Waals surface area contributed by atoms with Crippen LogP contribution in [0, 0.1) is 6.92 Å². The van der Waals surface area contributed by atoms with E-state index in [9.17, 15) is 4.79 Å². The Kier molecular flexibility index (Phi) is 4.70. The molecule has 0 aliphatic heterocycles. The fourth-order valence-electron chi connectivity index (χ4n) is 1.48. The number of benzene rings is 1. The van der Waals surface area contributed by atoms with Crippen LogP contribution in [0.25, 0.3) is 0 Å². The predicted octanol–water partition coefficient (Wildman–Crippen LogP) is 2.71. The molecule has 17 heavy (non-hydrogen) atoms. The van der Waals surface area contributed by atoms with E-state index in [0.29, 0.717) is 13.0 Å². The van der Waals surface area contributed by atoms with E-state index >= 15 is 0 Å². The monoisotopic (exact) mass is 234 g/mol. The normalized spacial score (nSPS) is 11.3. The third kappa shape index (κ3) is 5.50. The number of amides is 1. The Labute approximate surface area is 104 Å². The Bertz CT molecular complexity index is 380. The summed E-state index contributed by atoms with van der Waals surface area (Å²) in [6.07, 6.45) is 0.492. The van der Waals surface area contributed by atoms with Crippen LogP contribution < -0.4 is 10.6 Å². The van der Waals surface area contributed by atoms with Gasteiger partial charge in [0, 0.05) is 24.2 Å². The Morgan fingerprint density at radius 3 is 2.47 bits per heavy atom. The summed E-state index contributed by atoms with van der Waals surface area (Å²) in [5.74, 6) is 0.0519. The van der Waals surface area contributed by atoms with Gasteiger partial charge in [0.2, 0.25) is 5.91 Å². The van der Waals surface area contributed by atoms with Gasteiger partial charge in [0.1, 0.15) is 0 Å². The van der Waals surface area contributed by atoms with Gasteiger partial charge in [-0.2, -0.15) is 0 Å². The van der Waals surface area contributed by atoms with Gasteiger partial charge in [-0.3, -0.25) is 4.79 Å². The molecule has 1 aromatic rings. The largest absolute Gasteiger partial charge is 0.326 e. The molecule has 1 amide bonds. The van der Waals surface area contributed by atoms with E-state index in [4.69, 9.17) is 0 Å². The van der Waals surface area contributed by atoms with E-state index in [0.717, 1.165) is 11.3 Å². The minimum Gasteiger partial charge on any atom is -0.326 e. The molecule has 94 valence electrons. The van der Waals surface area contributed by atoms with Crippen LogP contribution in [0.5, 0.6) is 0 Å². The van der Waals surface area contributed by atoms with Gasteiger partial charge in [-0.25, -0.2) is 0 Å². The molecule has 0 saturated carbocycles. The molecule has 0 radical (unpaired) electrons. The molecule has 0 aromatic heterocycles. The zero-order chi connectivity index (χ0) is 12.9. The summed E-state index contributed by atoms with van der Waals surface area (Å²) in [6, 6.07) is 7.80. The molecule has 0 aliphatic carbocycles. The van der Waals surface area contributed by atoms with E-state index in [-0.39, 0.29) is 11.4 Å². The summed E-state index contributed by atoms with van der Waals surface area (Å²) in [6.45, 7) is 8.95. The second kappa shape index (κ2) is 5.82. The second-order valence-electron chi connectivity index (χ2n) is 5.29. The van der Waals surface area contributed by atoms with Gasteiger partial charge in [0.25, 0.3) is 0 Å². The zero-order valence-corrected chi connectivity index (χ0v) is 11.1. The van der Waals surface area contributed by atoms with Gasteiger partial charge in [-0.1, -0.05) is 18.2 Å². The first-order chi connectivity index (χ1) is 7.88. The van der Waals surface area contributed by atoms with Gasteiger partial charge in [0.05, 0.1) is 0 Å². The number of carbonyl (C=O) groups excluding carboxylic acids is 1. The topological polar surface area (TPSA) is 41.1 Å². The number of hydrogen-bond donors (Lipinski definition) is 2. The molecule has 1 rings (SSSR count). The number of hydrogen-bond acceptors (Lipinski definition) is 2. The quantitative estimate of drug-likeness (QED) is 0.841. The third-order valence-corrected chi connectivity index (χ3v) is 2.43. The first kappa shape index (κ1) is 13.7. The summed E-state index contributed by atoms with van der Waals surface area (Å²) in [5.41, 5.74) is 2.04. The molecule has 0 heterocycles. The van der Waals surface area contributed by atoms with Crippen molar-refractivity contribution in [3.63, 3.8) is 0 Å². The highest BCUT2D eigenvalue weighted by Gasteiger charge is 2.09. The molecule has 0 saturated heterocycles. The number of rotatable bonds is 4. The average Bonchev–Trinajstić information content (AvgIpc) is 2.19. The second-order valence-corrected chi connectivity index (χ2v) is 5.29. The summed E-state index contributed by atoms with van der Waals surface area (Å²) < 4.78 is 0. The van der Waals surface area contributed by atoms with E-state index < -0.39 is 0 Å². The minimum atomic E-state index is 0.0519. The molecule has 0 bridgehead atoms. The SMILES string of the molecule is Cc1ccccc1NC(=O)CCNC(C)(C)C. The van der Waals surface area contributed by atoms with Crippen LogP contribution >= 0.6 is 0 Å². The van der Waals surface area contributed by atoms with Crippen LogP contribution in [0.3, 0.4) is 0 Å². The lowest BCUT2D eigenvalue weighted by atomic mass is 10.1. The molecule has 3 heteroatoms. The molecule has 0 unspecified atom stereocenters. The molecular weight excluding hydrogens is 212 g/mol. The van der Waals surface area contributed by atoms with Crippen molar-refractivity contribution >= 4 is 11.6 Å². The lowest BCUT2D eigenvalue weighted by Gasteiger charge is -2.20. The smallest absolute Gasteiger partial charge is 0.225 e. The van der Waals surface area contributed by atoms with Gasteiger partial charge in [0.15, 0.2) is 0 Å². The van der Waals surface area contributed by atoms with Crippen molar-refractivity contribution in [3.8, 4) is 0 Å². The first-order valence-corrected chi connectivity index (χ1v) is 5.99. The van der Waals surface area contributed by atoms with E-state index in [1.165, 1.54) is 0 Å². The lowest BCUT2D eigenvalue weighted by Crippen LogP contribution is -2.37. The first-order valence-electron chi connectivity index (χ1n) is 5.99. The zero-order valence-electron chi connectivity index (χ0n) is 11.1. The lowest BCUT2D eigenvalue weighted by molar-refractivity contribution is -0.116.